The van der Waals surface area contributed by atoms with Crippen LogP contribution in [-0.4, -0.2) is 27.3 Å². The number of hydrogen-bond donors (Lipinski definition) is 0. The number of aryl methyl sites for hydroxylation is 1. The van der Waals surface area contributed by atoms with Crippen molar-refractivity contribution in [2.45, 2.75) is 6.92 Å². The molecule has 0 bridgehead atoms. The summed E-state index contributed by atoms with van der Waals surface area (Å²) >= 11 is 0. The van der Waals surface area contributed by atoms with E-state index < -0.39 is 5.97 Å². The number of nitriles is 1. The van der Waals surface area contributed by atoms with Crippen molar-refractivity contribution in [3.8, 4) is 17.7 Å². The maximum atomic E-state index is 11.4. The van der Waals surface area contributed by atoms with E-state index in [2.05, 4.69) is 10.1 Å². The van der Waals surface area contributed by atoms with Crippen LogP contribution in [0.4, 0.5) is 0 Å². The molecule has 2 aromatic heterocycles. The lowest BCUT2D eigenvalue weighted by Crippen LogP contribution is -2.06. The molecule has 0 amide bonds. The van der Waals surface area contributed by atoms with Crippen molar-refractivity contribution in [2.75, 3.05) is 6.61 Å². The molecule has 2 aromatic rings. The van der Waals surface area contributed by atoms with Crippen LogP contribution in [0.3, 0.4) is 0 Å². The quantitative estimate of drug-likeness (QED) is 0.753. The molecular weight excluding hydrogens is 236 g/mol. The molecule has 0 fully saturated rings. The van der Waals surface area contributed by atoms with E-state index in [-0.39, 0.29) is 18.3 Å². The van der Waals surface area contributed by atoms with Crippen LogP contribution in [0, 0.1) is 11.3 Å². The summed E-state index contributed by atoms with van der Waals surface area (Å²) in [7, 11) is 1.74. The van der Waals surface area contributed by atoms with Gasteiger partial charge in [-0.05, 0) is 18.1 Å². The third kappa shape index (κ3) is 2.08. The Bertz CT molecular complexity index is 621. The Labute approximate surface area is 103 Å². The Morgan fingerprint density at radius 3 is 3.06 bits per heavy atom. The maximum Gasteiger partial charge on any atom is 0.379 e. The molecular formula is C11H10N4O3. The molecule has 0 aliphatic rings. The number of carbonyl (C=O) groups excluding carboxylic acids is 1. The average Bonchev–Trinajstić information content (AvgIpc) is 2.95. The van der Waals surface area contributed by atoms with E-state index >= 15 is 0 Å². The summed E-state index contributed by atoms with van der Waals surface area (Å²) in [6.45, 7) is 1.93. The lowest BCUT2D eigenvalue weighted by atomic mass is 10.3. The molecule has 2 heterocycles. The fraction of sp³-hybridized carbons (Fsp3) is 0.273. The van der Waals surface area contributed by atoms with E-state index in [4.69, 9.17) is 14.5 Å². The van der Waals surface area contributed by atoms with Crippen molar-refractivity contribution in [3.63, 3.8) is 0 Å². The van der Waals surface area contributed by atoms with Crippen LogP contribution in [0.25, 0.3) is 11.6 Å². The highest BCUT2D eigenvalue weighted by Crippen LogP contribution is 2.19. The first-order valence-corrected chi connectivity index (χ1v) is 5.23. The standard InChI is InChI=1S/C11H10N4O3/c1-3-17-11(16)9-13-10(18-14-9)8-4-7(5-12)6-15(8)2/h4,6H,3H2,1-2H3. The van der Waals surface area contributed by atoms with Crippen LogP contribution < -0.4 is 0 Å². The van der Waals surface area contributed by atoms with Crippen molar-refractivity contribution in [3.05, 3.63) is 23.7 Å². The molecule has 0 unspecified atom stereocenters. The molecule has 0 radical (unpaired) electrons. The zero-order valence-corrected chi connectivity index (χ0v) is 9.88. The molecule has 0 spiro atoms. The van der Waals surface area contributed by atoms with Crippen LogP contribution in [0.1, 0.15) is 23.1 Å². The average molecular weight is 246 g/mol. The van der Waals surface area contributed by atoms with Gasteiger partial charge in [0.2, 0.25) is 0 Å². The molecule has 0 aromatic carbocycles. The molecule has 0 saturated heterocycles. The summed E-state index contributed by atoms with van der Waals surface area (Å²) in [6.07, 6.45) is 1.63. The monoisotopic (exact) mass is 246 g/mol. The molecule has 7 heteroatoms. The van der Waals surface area contributed by atoms with E-state index in [1.807, 2.05) is 6.07 Å². The topological polar surface area (TPSA) is 93.9 Å². The first-order valence-electron chi connectivity index (χ1n) is 5.23. The van der Waals surface area contributed by atoms with Gasteiger partial charge in [0.1, 0.15) is 11.8 Å². The summed E-state index contributed by atoms with van der Waals surface area (Å²) in [5.41, 5.74) is 1.04. The second-order valence-corrected chi connectivity index (χ2v) is 3.48. The van der Waals surface area contributed by atoms with Crippen molar-refractivity contribution in [1.82, 2.24) is 14.7 Å². The minimum absolute atomic E-state index is 0.133. The second kappa shape index (κ2) is 4.71. The number of nitrogens with zero attached hydrogens (tertiary/aromatic N) is 4. The SMILES string of the molecule is CCOC(=O)c1noc(-c2cc(C#N)cn2C)n1. The van der Waals surface area contributed by atoms with Gasteiger partial charge < -0.3 is 13.8 Å². The fourth-order valence-electron chi connectivity index (χ4n) is 1.44. The lowest BCUT2D eigenvalue weighted by molar-refractivity contribution is 0.0508. The van der Waals surface area contributed by atoms with Gasteiger partial charge in [0.15, 0.2) is 0 Å². The van der Waals surface area contributed by atoms with Gasteiger partial charge in [-0.3, -0.25) is 0 Å². The zero-order chi connectivity index (χ0) is 13.1. The predicted molar refractivity (Wildman–Crippen MR) is 59.4 cm³/mol. The summed E-state index contributed by atoms with van der Waals surface area (Å²) in [6, 6.07) is 3.61. The first-order chi connectivity index (χ1) is 8.65. The molecule has 18 heavy (non-hydrogen) atoms. The second-order valence-electron chi connectivity index (χ2n) is 3.48. The zero-order valence-electron chi connectivity index (χ0n) is 9.88. The number of esters is 1. The third-order valence-corrected chi connectivity index (χ3v) is 2.24. The Morgan fingerprint density at radius 1 is 1.67 bits per heavy atom. The highest BCUT2D eigenvalue weighted by atomic mass is 16.5. The molecule has 7 nitrogen and oxygen atoms in total. The van der Waals surface area contributed by atoms with Gasteiger partial charge in [0.05, 0.1) is 12.2 Å². The van der Waals surface area contributed by atoms with Gasteiger partial charge >= 0.3 is 5.97 Å². The van der Waals surface area contributed by atoms with Crippen LogP contribution in [0.15, 0.2) is 16.8 Å². The van der Waals surface area contributed by atoms with Gasteiger partial charge in [-0.25, -0.2) is 4.79 Å². The summed E-state index contributed by atoms with van der Waals surface area (Å²) < 4.78 is 11.4. The summed E-state index contributed by atoms with van der Waals surface area (Å²) in [4.78, 5) is 15.3. The Balaban J connectivity index is 2.32. The molecule has 0 N–H and O–H groups in total. The van der Waals surface area contributed by atoms with Crippen molar-refractivity contribution < 1.29 is 14.1 Å². The molecule has 2 rings (SSSR count). The molecule has 0 saturated carbocycles. The maximum absolute atomic E-state index is 11.4. The smallest absolute Gasteiger partial charge is 0.379 e. The molecule has 0 atom stereocenters. The van der Waals surface area contributed by atoms with E-state index in [0.29, 0.717) is 11.3 Å². The minimum Gasteiger partial charge on any atom is -0.460 e. The van der Waals surface area contributed by atoms with E-state index in [0.717, 1.165) is 0 Å². The third-order valence-electron chi connectivity index (χ3n) is 2.24. The summed E-state index contributed by atoms with van der Waals surface area (Å²) in [5.74, 6) is -0.601. The van der Waals surface area contributed by atoms with Crippen LogP contribution in [0.5, 0.6) is 0 Å². The fourth-order valence-corrected chi connectivity index (χ4v) is 1.44. The summed E-state index contributed by atoms with van der Waals surface area (Å²) in [5, 5.41) is 12.3. The predicted octanol–water partition coefficient (Wildman–Crippen LogP) is 1.12. The number of ether oxygens (including phenoxy) is 1. The van der Waals surface area contributed by atoms with Gasteiger partial charge in [-0.1, -0.05) is 0 Å². The minimum atomic E-state index is -0.637. The number of aromatic nitrogens is 3. The molecule has 0 aliphatic carbocycles. The normalized spacial score (nSPS) is 10.1. The van der Waals surface area contributed by atoms with Crippen molar-refractivity contribution in [2.24, 2.45) is 7.05 Å². The van der Waals surface area contributed by atoms with Crippen molar-refractivity contribution >= 4 is 5.97 Å². The number of carbonyl (C=O) groups is 1. The van der Waals surface area contributed by atoms with Gasteiger partial charge in [-0.2, -0.15) is 10.2 Å². The van der Waals surface area contributed by atoms with Gasteiger partial charge in [0, 0.05) is 13.2 Å². The molecule has 92 valence electrons. The number of rotatable bonds is 3. The van der Waals surface area contributed by atoms with Crippen LogP contribution in [0.2, 0.25) is 0 Å². The Kier molecular flexibility index (Phi) is 3.10. The van der Waals surface area contributed by atoms with E-state index in [1.54, 1.807) is 30.8 Å². The lowest BCUT2D eigenvalue weighted by Gasteiger charge is -1.95. The van der Waals surface area contributed by atoms with E-state index in [9.17, 15) is 4.79 Å². The van der Waals surface area contributed by atoms with Crippen molar-refractivity contribution in [1.29, 1.82) is 5.26 Å². The van der Waals surface area contributed by atoms with E-state index in [1.165, 1.54) is 0 Å². The highest BCUT2D eigenvalue weighted by Gasteiger charge is 2.18. The van der Waals surface area contributed by atoms with Crippen LogP contribution in [-0.2, 0) is 11.8 Å². The van der Waals surface area contributed by atoms with Crippen LogP contribution >= 0.6 is 0 Å². The highest BCUT2D eigenvalue weighted by molar-refractivity contribution is 5.85. The number of hydrogen-bond acceptors (Lipinski definition) is 6. The van der Waals surface area contributed by atoms with Gasteiger partial charge in [-0.15, -0.1) is 0 Å². The molecule has 0 aliphatic heterocycles. The van der Waals surface area contributed by atoms with Gasteiger partial charge in [0.25, 0.3) is 11.7 Å². The Morgan fingerprint density at radius 2 is 2.44 bits per heavy atom. The first kappa shape index (κ1) is 11.9. The largest absolute Gasteiger partial charge is 0.460 e. The Hall–Kier alpha value is -2.62.